The first-order valence-electron chi connectivity index (χ1n) is 19.7. The molecule has 266 valence electrons. The average Bonchev–Trinajstić information content (AvgIpc) is 3.43. The fraction of sp³-hybridized carbons (Fsp3) is 1.00. The van der Waals surface area contributed by atoms with E-state index in [1.807, 2.05) is 7.11 Å². The Hall–Kier alpha value is 0.110. The van der Waals surface area contributed by atoms with Crippen LogP contribution in [-0.2, 0) is 9.47 Å². The molecule has 0 aromatic carbocycles. The Balaban J connectivity index is 1.20. The molecular weight excluding hydrogens is 589 g/mol. The highest BCUT2D eigenvalue weighted by atomic mass is 32.2. The largest absolute Gasteiger partial charge is 0.383 e. The van der Waals surface area contributed by atoms with Crippen molar-refractivity contribution in [3.8, 4) is 0 Å². The van der Waals surface area contributed by atoms with E-state index < -0.39 is 0 Å². The van der Waals surface area contributed by atoms with Gasteiger partial charge in [-0.3, -0.25) is 19.6 Å². The van der Waals surface area contributed by atoms with Crippen LogP contribution < -0.4 is 0 Å². The first-order chi connectivity index (χ1) is 22.0. The van der Waals surface area contributed by atoms with Gasteiger partial charge in [-0.05, 0) is 94.3 Å². The molecule has 14 atom stereocenters. The van der Waals surface area contributed by atoms with Gasteiger partial charge in [0.15, 0.2) is 0 Å². The van der Waals surface area contributed by atoms with E-state index in [9.17, 15) is 0 Å². The molecule has 3 aliphatic carbocycles. The van der Waals surface area contributed by atoms with Gasteiger partial charge in [0, 0.05) is 100 Å². The lowest BCUT2D eigenvalue weighted by Crippen LogP contribution is -2.60. The standard InChI is InChI=1S/C39H72N4O2S/c1-24(2)41-14-13-40(15-17-44-10)37-33(30(9)34(37)21-41)12-11-31(42-16-18-45-38-28(7)26(5)35(38)22-42)19-32-20-43(25(3)4)23-36-27(6)29(8)39(36)46-32/h24-39H,11-23H2,1-10H3/t26?,27?,28?,29?,30?,31?,32?,33?,34?,35?,36?,37?,38-,39?/m1/s1. The second kappa shape index (κ2) is 15.2. The Morgan fingerprint density at radius 3 is 2.15 bits per heavy atom. The van der Waals surface area contributed by atoms with E-state index in [1.54, 1.807) is 0 Å². The molecule has 6 aliphatic rings. The minimum atomic E-state index is 0.485. The third-order valence-electron chi connectivity index (χ3n) is 15.0. The van der Waals surface area contributed by atoms with Crippen LogP contribution in [0, 0.1) is 53.3 Å². The van der Waals surface area contributed by atoms with Crippen LogP contribution in [0.3, 0.4) is 0 Å². The Bertz CT molecular complexity index is 982. The van der Waals surface area contributed by atoms with E-state index >= 15 is 0 Å². The van der Waals surface area contributed by atoms with Crippen LogP contribution in [-0.4, -0.2) is 133 Å². The number of methoxy groups -OCH3 is 1. The molecule has 0 radical (unpaired) electrons. The fourth-order valence-corrected chi connectivity index (χ4v) is 13.2. The predicted molar refractivity (Wildman–Crippen MR) is 195 cm³/mol. The summed E-state index contributed by atoms with van der Waals surface area (Å²) < 4.78 is 12.2. The molecule has 0 N–H and O–H groups in total. The van der Waals surface area contributed by atoms with Gasteiger partial charge in [-0.2, -0.15) is 11.8 Å². The zero-order valence-corrected chi connectivity index (χ0v) is 32.3. The zero-order chi connectivity index (χ0) is 32.9. The third-order valence-corrected chi connectivity index (χ3v) is 16.8. The van der Waals surface area contributed by atoms with E-state index in [4.69, 9.17) is 9.47 Å². The van der Waals surface area contributed by atoms with Crippen LogP contribution in [0.5, 0.6) is 0 Å². The normalized spacial score (nSPS) is 45.0. The van der Waals surface area contributed by atoms with Crippen molar-refractivity contribution in [2.75, 3.05) is 72.7 Å². The van der Waals surface area contributed by atoms with Crippen molar-refractivity contribution < 1.29 is 9.47 Å². The van der Waals surface area contributed by atoms with E-state index in [2.05, 4.69) is 93.7 Å². The summed E-state index contributed by atoms with van der Waals surface area (Å²) in [5.74, 6) is 7.23. The molecule has 0 aromatic rings. The second-order valence-corrected chi connectivity index (χ2v) is 19.1. The average molecular weight is 661 g/mol. The van der Waals surface area contributed by atoms with Gasteiger partial charge in [0.25, 0.3) is 0 Å². The van der Waals surface area contributed by atoms with Gasteiger partial charge in [-0.25, -0.2) is 0 Å². The minimum absolute atomic E-state index is 0.485. The smallest absolute Gasteiger partial charge is 0.0646 e. The molecule has 0 spiro atoms. The monoisotopic (exact) mass is 661 g/mol. The molecule has 0 aromatic heterocycles. The summed E-state index contributed by atoms with van der Waals surface area (Å²) >= 11 is 2.41. The molecule has 6 rings (SSSR count). The molecule has 6 fully saturated rings. The maximum atomic E-state index is 6.55. The van der Waals surface area contributed by atoms with E-state index in [0.29, 0.717) is 36.1 Å². The van der Waals surface area contributed by atoms with Crippen molar-refractivity contribution in [2.45, 2.75) is 122 Å². The van der Waals surface area contributed by atoms with Gasteiger partial charge in [-0.15, -0.1) is 0 Å². The summed E-state index contributed by atoms with van der Waals surface area (Å²) in [6.07, 6.45) is 4.56. The topological polar surface area (TPSA) is 31.4 Å². The van der Waals surface area contributed by atoms with Crippen molar-refractivity contribution in [2.24, 2.45) is 53.3 Å². The quantitative estimate of drug-likeness (QED) is 0.263. The van der Waals surface area contributed by atoms with Crippen molar-refractivity contribution in [1.82, 2.24) is 19.6 Å². The number of hydrogen-bond donors (Lipinski definition) is 0. The molecule has 3 aliphatic heterocycles. The molecular formula is C39H72N4O2S. The van der Waals surface area contributed by atoms with Gasteiger partial charge >= 0.3 is 0 Å². The summed E-state index contributed by atoms with van der Waals surface area (Å²) in [6.45, 7) is 33.7. The van der Waals surface area contributed by atoms with Crippen LogP contribution in [0.1, 0.15) is 81.6 Å². The van der Waals surface area contributed by atoms with Crippen molar-refractivity contribution in [3.63, 3.8) is 0 Å². The lowest BCUT2D eigenvalue weighted by Gasteiger charge is -2.55. The first kappa shape index (κ1) is 35.9. The summed E-state index contributed by atoms with van der Waals surface area (Å²) in [5, 5.41) is 1.59. The highest BCUT2D eigenvalue weighted by Crippen LogP contribution is 2.53. The van der Waals surface area contributed by atoms with Crippen molar-refractivity contribution in [3.05, 3.63) is 0 Å². The second-order valence-electron chi connectivity index (χ2n) is 17.6. The Kier molecular flexibility index (Phi) is 11.8. The molecule has 7 heteroatoms. The SMILES string of the molecule is COCCN1CCN(C(C)C)CC2C(C)C(CCC(CC3CN(C(C)C)CC4C(C)C(C)C4S3)N3CCO[C@@H]4C(C)C(C)C4C3)C21. The first-order valence-corrected chi connectivity index (χ1v) is 20.7. The Labute approximate surface area is 288 Å². The van der Waals surface area contributed by atoms with Gasteiger partial charge < -0.3 is 9.47 Å². The van der Waals surface area contributed by atoms with Crippen LogP contribution in [0.25, 0.3) is 0 Å². The highest BCUT2D eigenvalue weighted by Gasteiger charge is 2.53. The van der Waals surface area contributed by atoms with Gasteiger partial charge in [0.05, 0.1) is 19.3 Å². The molecule has 6 nitrogen and oxygen atoms in total. The fourth-order valence-electron chi connectivity index (χ4n) is 11.1. The van der Waals surface area contributed by atoms with Crippen LogP contribution >= 0.6 is 11.8 Å². The van der Waals surface area contributed by atoms with Gasteiger partial charge in [0.2, 0.25) is 0 Å². The van der Waals surface area contributed by atoms with Crippen LogP contribution in [0.4, 0.5) is 0 Å². The number of rotatable bonds is 11. The predicted octanol–water partition coefficient (Wildman–Crippen LogP) is 6.15. The van der Waals surface area contributed by atoms with E-state index in [-0.39, 0.29) is 0 Å². The molecule has 3 heterocycles. The van der Waals surface area contributed by atoms with E-state index in [1.165, 1.54) is 58.5 Å². The van der Waals surface area contributed by atoms with Crippen LogP contribution in [0.15, 0.2) is 0 Å². The van der Waals surface area contributed by atoms with Crippen molar-refractivity contribution in [1.29, 1.82) is 0 Å². The zero-order valence-electron chi connectivity index (χ0n) is 31.4. The molecule has 13 unspecified atom stereocenters. The molecule has 0 amide bonds. The summed E-state index contributed by atoms with van der Waals surface area (Å²) in [6, 6.07) is 2.66. The lowest BCUT2D eigenvalue weighted by atomic mass is 9.59. The molecule has 3 saturated carbocycles. The summed E-state index contributed by atoms with van der Waals surface area (Å²) in [4.78, 5) is 11.4. The van der Waals surface area contributed by atoms with Crippen molar-refractivity contribution >= 4 is 11.8 Å². The Morgan fingerprint density at radius 1 is 0.739 bits per heavy atom. The van der Waals surface area contributed by atoms with Gasteiger partial charge in [-0.1, -0.05) is 34.6 Å². The van der Waals surface area contributed by atoms with E-state index in [0.717, 1.165) is 84.3 Å². The maximum absolute atomic E-state index is 6.55. The number of nitrogens with zero attached hydrogens (tertiary/aromatic N) is 4. The number of fused-ring (bicyclic) bond motifs is 3. The minimum Gasteiger partial charge on any atom is -0.383 e. The number of ether oxygens (including phenoxy) is 2. The maximum Gasteiger partial charge on any atom is 0.0646 e. The lowest BCUT2D eigenvalue weighted by molar-refractivity contribution is -0.115. The molecule has 46 heavy (non-hydrogen) atoms. The molecule has 3 saturated heterocycles. The third kappa shape index (κ3) is 7.01. The van der Waals surface area contributed by atoms with Crippen LogP contribution in [0.2, 0.25) is 0 Å². The highest BCUT2D eigenvalue weighted by molar-refractivity contribution is 8.00. The van der Waals surface area contributed by atoms with Gasteiger partial charge in [0.1, 0.15) is 0 Å². The Morgan fingerprint density at radius 2 is 1.43 bits per heavy atom. The number of hydrogen-bond acceptors (Lipinski definition) is 7. The summed E-state index contributed by atoms with van der Waals surface area (Å²) in [7, 11) is 1.87. The number of thioether (sulfide) groups is 1. The molecule has 0 bridgehead atoms. The summed E-state index contributed by atoms with van der Waals surface area (Å²) in [5.41, 5.74) is 0.